The van der Waals surface area contributed by atoms with Crippen LogP contribution in [0.15, 0.2) is 24.3 Å². The summed E-state index contributed by atoms with van der Waals surface area (Å²) in [5, 5.41) is 3.60. The highest BCUT2D eigenvalue weighted by Gasteiger charge is 2.23. The van der Waals surface area contributed by atoms with E-state index in [2.05, 4.69) is 48.3 Å². The molecule has 0 fully saturated rings. The molecule has 0 aliphatic carbocycles. The molecule has 1 aromatic carbocycles. The first-order chi connectivity index (χ1) is 9.74. The van der Waals surface area contributed by atoms with Crippen LogP contribution in [0, 0.1) is 5.92 Å². The van der Waals surface area contributed by atoms with Gasteiger partial charge >= 0.3 is 0 Å². The Morgan fingerprint density at radius 2 is 2.20 bits per heavy atom. The third-order valence-corrected chi connectivity index (χ3v) is 3.92. The van der Waals surface area contributed by atoms with Gasteiger partial charge in [-0.25, -0.2) is 0 Å². The van der Waals surface area contributed by atoms with Crippen molar-refractivity contribution in [1.82, 2.24) is 5.32 Å². The quantitative estimate of drug-likeness (QED) is 0.828. The van der Waals surface area contributed by atoms with Crippen molar-refractivity contribution >= 4 is 5.69 Å². The fourth-order valence-corrected chi connectivity index (χ4v) is 3.07. The lowest BCUT2D eigenvalue weighted by molar-refractivity contribution is 0.167. The molecule has 1 aliphatic heterocycles. The van der Waals surface area contributed by atoms with E-state index in [9.17, 15) is 0 Å². The molecule has 1 aromatic rings. The minimum atomic E-state index is 0.401. The highest BCUT2D eigenvalue weighted by atomic mass is 16.5. The summed E-state index contributed by atoms with van der Waals surface area (Å²) in [4.78, 5) is 2.52. The molecule has 3 heteroatoms. The zero-order valence-electron chi connectivity index (χ0n) is 13.1. The van der Waals surface area contributed by atoms with Crippen LogP contribution in [0.1, 0.15) is 25.8 Å². The molecule has 0 saturated carbocycles. The number of hydrogen-bond donors (Lipinski definition) is 1. The summed E-state index contributed by atoms with van der Waals surface area (Å²) in [6.45, 7) is 8.54. The predicted molar refractivity (Wildman–Crippen MR) is 85.5 cm³/mol. The molecule has 0 saturated heterocycles. The predicted octanol–water partition coefficient (Wildman–Crippen LogP) is 2.70. The SMILES string of the molecule is CCCNC(COC)CN1CC(C)Cc2ccccc21. The molecule has 1 heterocycles. The van der Waals surface area contributed by atoms with Crippen LogP contribution in [0.5, 0.6) is 0 Å². The first-order valence-corrected chi connectivity index (χ1v) is 7.79. The number of nitrogens with one attached hydrogen (secondary N) is 1. The Bertz CT molecular complexity index is 408. The number of fused-ring (bicyclic) bond motifs is 1. The second-order valence-electron chi connectivity index (χ2n) is 5.95. The molecule has 0 aromatic heterocycles. The van der Waals surface area contributed by atoms with Crippen LogP contribution in [0.4, 0.5) is 5.69 Å². The van der Waals surface area contributed by atoms with Crippen LogP contribution >= 0.6 is 0 Å². The van der Waals surface area contributed by atoms with Gasteiger partial charge in [-0.3, -0.25) is 0 Å². The molecule has 2 unspecified atom stereocenters. The van der Waals surface area contributed by atoms with Crippen LogP contribution in [0.25, 0.3) is 0 Å². The second kappa shape index (κ2) is 7.65. The van der Waals surface area contributed by atoms with Gasteiger partial charge in [0.25, 0.3) is 0 Å². The molecule has 112 valence electrons. The average molecular weight is 276 g/mol. The third-order valence-electron chi connectivity index (χ3n) is 3.92. The Balaban J connectivity index is 2.07. The first kappa shape index (κ1) is 15.3. The largest absolute Gasteiger partial charge is 0.383 e. The average Bonchev–Trinajstić information content (AvgIpc) is 2.44. The Kier molecular flexibility index (Phi) is 5.86. The van der Waals surface area contributed by atoms with Crippen LogP contribution in [0.3, 0.4) is 0 Å². The van der Waals surface area contributed by atoms with Crippen molar-refractivity contribution in [2.45, 2.75) is 32.7 Å². The Labute approximate surface area is 123 Å². The van der Waals surface area contributed by atoms with Crippen molar-refractivity contribution in [3.8, 4) is 0 Å². The number of ether oxygens (including phenoxy) is 1. The molecule has 20 heavy (non-hydrogen) atoms. The highest BCUT2D eigenvalue weighted by Crippen LogP contribution is 2.29. The Hall–Kier alpha value is -1.06. The lowest BCUT2D eigenvalue weighted by Gasteiger charge is -2.37. The van der Waals surface area contributed by atoms with E-state index in [4.69, 9.17) is 4.74 Å². The monoisotopic (exact) mass is 276 g/mol. The molecule has 1 aliphatic rings. The maximum atomic E-state index is 5.37. The van der Waals surface area contributed by atoms with Crippen molar-refractivity contribution in [2.75, 3.05) is 38.3 Å². The van der Waals surface area contributed by atoms with Gasteiger partial charge in [0.05, 0.1) is 6.61 Å². The van der Waals surface area contributed by atoms with Gasteiger partial charge in [0.2, 0.25) is 0 Å². The standard InChI is InChI=1S/C17H28N2O/c1-4-9-18-16(13-20-3)12-19-11-14(2)10-15-7-5-6-8-17(15)19/h5-8,14,16,18H,4,9-13H2,1-3H3. The molecule has 3 nitrogen and oxygen atoms in total. The summed E-state index contributed by atoms with van der Waals surface area (Å²) < 4.78 is 5.37. The summed E-state index contributed by atoms with van der Waals surface area (Å²) in [6, 6.07) is 9.22. The van der Waals surface area contributed by atoms with Crippen LogP contribution in [-0.2, 0) is 11.2 Å². The summed E-state index contributed by atoms with van der Waals surface area (Å²) in [5.74, 6) is 0.722. The van der Waals surface area contributed by atoms with E-state index in [0.29, 0.717) is 6.04 Å². The zero-order valence-corrected chi connectivity index (χ0v) is 13.1. The number of anilines is 1. The van der Waals surface area contributed by atoms with Gasteiger partial charge in [-0.1, -0.05) is 32.0 Å². The smallest absolute Gasteiger partial charge is 0.0633 e. The number of hydrogen-bond acceptors (Lipinski definition) is 3. The number of nitrogens with zero attached hydrogens (tertiary/aromatic N) is 1. The molecule has 0 amide bonds. The van der Waals surface area contributed by atoms with Gasteiger partial charge in [-0.2, -0.15) is 0 Å². The Morgan fingerprint density at radius 3 is 2.95 bits per heavy atom. The van der Waals surface area contributed by atoms with Crippen LogP contribution < -0.4 is 10.2 Å². The first-order valence-electron chi connectivity index (χ1n) is 7.79. The summed E-state index contributed by atoms with van der Waals surface area (Å²) in [5.41, 5.74) is 2.89. The zero-order chi connectivity index (χ0) is 14.4. The van der Waals surface area contributed by atoms with E-state index in [1.165, 1.54) is 17.7 Å². The van der Waals surface area contributed by atoms with Crippen LogP contribution in [-0.4, -0.2) is 39.4 Å². The molecule has 0 bridgehead atoms. The maximum Gasteiger partial charge on any atom is 0.0633 e. The highest BCUT2D eigenvalue weighted by molar-refractivity contribution is 5.55. The molecule has 1 N–H and O–H groups in total. The number of rotatable bonds is 7. The maximum absolute atomic E-state index is 5.37. The van der Waals surface area contributed by atoms with Crippen molar-refractivity contribution in [3.05, 3.63) is 29.8 Å². The minimum Gasteiger partial charge on any atom is -0.383 e. The summed E-state index contributed by atoms with van der Waals surface area (Å²) in [6.07, 6.45) is 2.36. The van der Waals surface area contributed by atoms with E-state index in [0.717, 1.165) is 38.6 Å². The molecule has 2 atom stereocenters. The van der Waals surface area contributed by atoms with Gasteiger partial charge in [0.15, 0.2) is 0 Å². The van der Waals surface area contributed by atoms with Crippen molar-refractivity contribution in [3.63, 3.8) is 0 Å². The molecular formula is C17H28N2O. The van der Waals surface area contributed by atoms with E-state index in [1.807, 2.05) is 0 Å². The molecule has 0 spiro atoms. The lowest BCUT2D eigenvalue weighted by Crippen LogP contribution is -2.47. The van der Waals surface area contributed by atoms with Gasteiger partial charge in [-0.05, 0) is 36.9 Å². The second-order valence-corrected chi connectivity index (χ2v) is 5.95. The van der Waals surface area contributed by atoms with E-state index in [1.54, 1.807) is 7.11 Å². The van der Waals surface area contributed by atoms with E-state index < -0.39 is 0 Å². The van der Waals surface area contributed by atoms with Gasteiger partial charge in [0, 0.05) is 31.9 Å². The molecular weight excluding hydrogens is 248 g/mol. The minimum absolute atomic E-state index is 0.401. The number of benzene rings is 1. The fourth-order valence-electron chi connectivity index (χ4n) is 3.07. The van der Waals surface area contributed by atoms with E-state index >= 15 is 0 Å². The number of para-hydroxylation sites is 1. The lowest BCUT2D eigenvalue weighted by atomic mass is 9.93. The van der Waals surface area contributed by atoms with Crippen LogP contribution in [0.2, 0.25) is 0 Å². The molecule has 2 rings (SSSR count). The van der Waals surface area contributed by atoms with E-state index in [-0.39, 0.29) is 0 Å². The van der Waals surface area contributed by atoms with Crippen molar-refractivity contribution in [2.24, 2.45) is 5.92 Å². The normalized spacial score (nSPS) is 19.8. The summed E-state index contributed by atoms with van der Waals surface area (Å²) >= 11 is 0. The molecule has 0 radical (unpaired) electrons. The van der Waals surface area contributed by atoms with Crippen molar-refractivity contribution < 1.29 is 4.74 Å². The topological polar surface area (TPSA) is 24.5 Å². The van der Waals surface area contributed by atoms with Gasteiger partial charge < -0.3 is 15.0 Å². The van der Waals surface area contributed by atoms with Gasteiger partial charge in [0.1, 0.15) is 0 Å². The fraction of sp³-hybridized carbons (Fsp3) is 0.647. The number of methoxy groups -OCH3 is 1. The third kappa shape index (κ3) is 3.97. The summed E-state index contributed by atoms with van der Waals surface area (Å²) in [7, 11) is 1.79. The van der Waals surface area contributed by atoms with Crippen molar-refractivity contribution in [1.29, 1.82) is 0 Å². The van der Waals surface area contributed by atoms with Gasteiger partial charge in [-0.15, -0.1) is 0 Å². The Morgan fingerprint density at radius 1 is 1.40 bits per heavy atom.